The first-order chi connectivity index (χ1) is 31.3. The minimum Gasteiger partial charge on any atom is -0.744 e. The molecule has 2 aromatic heterocycles. The summed E-state index contributed by atoms with van der Waals surface area (Å²) in [5.74, 6) is -2.25. The van der Waals surface area contributed by atoms with Gasteiger partial charge in [0.2, 0.25) is 17.8 Å². The van der Waals surface area contributed by atoms with Crippen LogP contribution in [0.3, 0.4) is 0 Å². The number of rotatable bonds is 20. The number of nitrogens with zero attached hydrogens (tertiary/aromatic N) is 7. The van der Waals surface area contributed by atoms with Gasteiger partial charge in [0.05, 0.1) is 34.8 Å². The zero-order valence-electron chi connectivity index (χ0n) is 36.1. The Morgan fingerprint density at radius 3 is 1.77 bits per heavy atom. The van der Waals surface area contributed by atoms with E-state index in [-0.39, 0.29) is 58.6 Å². The molecule has 66 heavy (non-hydrogen) atoms. The van der Waals surface area contributed by atoms with Crippen molar-refractivity contribution in [1.29, 1.82) is 0 Å². The predicted molar refractivity (Wildman–Crippen MR) is 237 cm³/mol. The fourth-order valence-electron chi connectivity index (χ4n) is 6.82. The number of aliphatic carboxylic acids is 2. The third-order valence-corrected chi connectivity index (χ3v) is 11.9. The van der Waals surface area contributed by atoms with E-state index in [1.165, 1.54) is 42.5 Å². The highest BCUT2D eigenvalue weighted by atomic mass is 32.2. The largest absolute Gasteiger partial charge is 0.744 e. The van der Waals surface area contributed by atoms with Crippen molar-refractivity contribution in [2.24, 2.45) is 0 Å². The van der Waals surface area contributed by atoms with Crippen LogP contribution >= 0.6 is 0 Å². The Bertz CT molecular complexity index is 2990. The Balaban J connectivity index is 1.25. The van der Waals surface area contributed by atoms with Gasteiger partial charge in [0, 0.05) is 30.1 Å². The molecule has 19 nitrogen and oxygen atoms in total. The lowest BCUT2D eigenvalue weighted by atomic mass is 10.0. The fourth-order valence-corrected chi connectivity index (χ4v) is 7.98. The van der Waals surface area contributed by atoms with Gasteiger partial charge < -0.3 is 44.4 Å². The maximum atomic E-state index is 12.6. The van der Waals surface area contributed by atoms with Crippen molar-refractivity contribution in [1.82, 2.24) is 29.9 Å². The van der Waals surface area contributed by atoms with Crippen molar-refractivity contribution in [3.8, 4) is 0 Å². The van der Waals surface area contributed by atoms with Gasteiger partial charge in [-0.05, 0) is 90.9 Å². The maximum absolute atomic E-state index is 12.6. The second-order valence-corrected chi connectivity index (χ2v) is 17.9. The number of nitrogens with one attached hydrogen (secondary N) is 2. The summed E-state index contributed by atoms with van der Waals surface area (Å²) < 4.78 is 72.1. The van der Waals surface area contributed by atoms with Crippen molar-refractivity contribution in [3.05, 3.63) is 136 Å². The Morgan fingerprint density at radius 2 is 1.18 bits per heavy atom. The minimum atomic E-state index is -5.00. The van der Waals surface area contributed by atoms with Gasteiger partial charge in [0.15, 0.2) is 0 Å². The molecule has 0 amide bonds. The third kappa shape index (κ3) is 13.2. The van der Waals surface area contributed by atoms with Crippen molar-refractivity contribution >= 4 is 73.5 Å². The Labute approximate surface area is 381 Å². The van der Waals surface area contributed by atoms with Gasteiger partial charge in [-0.25, -0.2) is 21.8 Å². The molecule has 2 N–H and O–H groups in total. The van der Waals surface area contributed by atoms with E-state index in [1.54, 1.807) is 36.4 Å². The summed E-state index contributed by atoms with van der Waals surface area (Å²) in [6.07, 6.45) is 4.86. The summed E-state index contributed by atoms with van der Waals surface area (Å²) in [5.41, 5.74) is 4.72. The number of carbonyl (C=O) groups excluding carboxylic acids is 2. The lowest BCUT2D eigenvalue weighted by Gasteiger charge is -2.24. The molecule has 344 valence electrons. The molecule has 0 saturated heterocycles. The maximum Gasteiger partial charge on any atom is 0.232 e. The van der Waals surface area contributed by atoms with Crippen molar-refractivity contribution < 1.29 is 45.7 Å². The Morgan fingerprint density at radius 1 is 0.636 bits per heavy atom. The molecule has 0 unspecified atom stereocenters. The molecule has 0 bridgehead atoms. The summed E-state index contributed by atoms with van der Waals surface area (Å²) in [6.45, 7) is 6.06. The molecule has 0 aliphatic rings. The molecule has 6 rings (SSSR count). The van der Waals surface area contributed by atoms with Gasteiger partial charge in [0.25, 0.3) is 0 Å². The van der Waals surface area contributed by atoms with Gasteiger partial charge in [-0.1, -0.05) is 80.1 Å². The third-order valence-electron chi connectivity index (χ3n) is 10.2. The van der Waals surface area contributed by atoms with E-state index < -0.39 is 50.2 Å². The zero-order chi connectivity index (χ0) is 47.8. The number of anilines is 5. The van der Waals surface area contributed by atoms with Crippen LogP contribution < -0.4 is 25.7 Å². The SMILES string of the molecule is CCC(CC)c1nc(Cc2ccc(S(=O)(=O)[O-])cc2)nc(Nc2ccc(/C=C/c3ccc(Cc4nc(Nc5ccc(C)cc5)nc(N(CC(=O)[O-])CC(=O)[O-])n4)cc3C)c(S(=O)(=O)[O-])c2)n1. The summed E-state index contributed by atoms with van der Waals surface area (Å²) >= 11 is 0. The van der Waals surface area contributed by atoms with Crippen LogP contribution in [0.5, 0.6) is 0 Å². The molecule has 0 radical (unpaired) electrons. The van der Waals surface area contributed by atoms with Crippen molar-refractivity contribution in [2.45, 2.75) is 69.1 Å². The van der Waals surface area contributed by atoms with E-state index in [4.69, 9.17) is 0 Å². The van der Waals surface area contributed by atoms with Crippen molar-refractivity contribution in [3.63, 3.8) is 0 Å². The molecule has 0 atom stereocenters. The van der Waals surface area contributed by atoms with E-state index in [0.717, 1.165) is 16.0 Å². The molecule has 0 spiro atoms. The second kappa shape index (κ2) is 20.7. The lowest BCUT2D eigenvalue weighted by Crippen LogP contribution is -2.45. The normalized spacial score (nSPS) is 11.8. The molecule has 0 saturated carbocycles. The number of hydrogen-bond donors (Lipinski definition) is 2. The quantitative estimate of drug-likeness (QED) is 0.0817. The van der Waals surface area contributed by atoms with E-state index in [2.05, 4.69) is 40.5 Å². The highest BCUT2D eigenvalue weighted by Crippen LogP contribution is 2.28. The summed E-state index contributed by atoms with van der Waals surface area (Å²) in [7, 11) is -9.63. The molecular weight excluding hydrogens is 891 g/mol. The van der Waals surface area contributed by atoms with Gasteiger partial charge in [-0.3, -0.25) is 0 Å². The number of hydrogen-bond acceptors (Lipinski definition) is 19. The minimum absolute atomic E-state index is 0.0362. The number of benzene rings is 4. The standard InChI is InChI=1S/C45H47N9O10S2/c1-5-31(6-2)42-48-38(22-29-10-19-36(20-11-29)65(59,60)61)49-43(52-42)47-35-18-15-33(37(24-35)66(62,63)64)14-13-32-12-9-30(21-28(32)4)23-39-50-44(46-34-16-7-27(3)8-17-34)53-45(51-39)54(25-40(55)56)26-41(57)58/h7-21,24,31H,5-6,22-23,25-26H2,1-4H3,(H,55,56)(H,57,58)(H,59,60,61)(H,62,63,64)(H,46,50,51,53)(H,47,48,49,52)/p-4/b14-13+. The van der Waals surface area contributed by atoms with Gasteiger partial charge >= 0.3 is 0 Å². The predicted octanol–water partition coefficient (Wildman–Crippen LogP) is 3.53. The van der Waals surface area contributed by atoms with E-state index in [0.29, 0.717) is 46.9 Å². The highest BCUT2D eigenvalue weighted by molar-refractivity contribution is 7.86. The van der Waals surface area contributed by atoms with Crippen LogP contribution in [0.15, 0.2) is 94.7 Å². The smallest absolute Gasteiger partial charge is 0.232 e. The van der Waals surface area contributed by atoms with Crippen LogP contribution in [0.2, 0.25) is 0 Å². The van der Waals surface area contributed by atoms with Crippen LogP contribution in [0.25, 0.3) is 12.2 Å². The van der Waals surface area contributed by atoms with Crippen LogP contribution in [-0.4, -0.2) is 80.9 Å². The molecule has 4 aromatic carbocycles. The molecule has 0 aliphatic carbocycles. The summed E-state index contributed by atoms with van der Waals surface area (Å²) in [4.78, 5) is 49.9. The first kappa shape index (κ1) is 48.3. The fraction of sp³-hybridized carbons (Fsp3) is 0.244. The molecule has 2 heterocycles. The second-order valence-electron chi connectivity index (χ2n) is 15.2. The molecular formula is C45H43N9O10S2-4. The van der Waals surface area contributed by atoms with Gasteiger partial charge in [0.1, 0.15) is 37.7 Å². The Kier molecular flexibility index (Phi) is 15.2. The molecule has 0 aliphatic heterocycles. The number of carboxylic acid groups (broad SMARTS) is 2. The first-order valence-electron chi connectivity index (χ1n) is 20.4. The van der Waals surface area contributed by atoms with Gasteiger partial charge in [-0.15, -0.1) is 0 Å². The van der Waals surface area contributed by atoms with Crippen LogP contribution in [0, 0.1) is 13.8 Å². The lowest BCUT2D eigenvalue weighted by molar-refractivity contribution is -0.304. The number of carbonyl (C=O) groups is 2. The number of aromatic nitrogens is 6. The number of aryl methyl sites for hydroxylation is 2. The van der Waals surface area contributed by atoms with Crippen LogP contribution in [0.1, 0.15) is 83.5 Å². The van der Waals surface area contributed by atoms with E-state index in [1.807, 2.05) is 45.9 Å². The van der Waals surface area contributed by atoms with Gasteiger partial charge in [-0.2, -0.15) is 24.9 Å². The zero-order valence-corrected chi connectivity index (χ0v) is 37.7. The number of carboxylic acids is 2. The average molecular weight is 934 g/mol. The summed E-state index contributed by atoms with van der Waals surface area (Å²) in [6, 6.07) is 22.3. The highest BCUT2D eigenvalue weighted by Gasteiger charge is 2.18. The molecule has 21 heteroatoms. The van der Waals surface area contributed by atoms with E-state index >= 15 is 0 Å². The molecule has 0 fully saturated rings. The monoisotopic (exact) mass is 933 g/mol. The van der Waals surface area contributed by atoms with Crippen molar-refractivity contribution in [2.75, 3.05) is 28.6 Å². The molecule has 6 aromatic rings. The van der Waals surface area contributed by atoms with Crippen LogP contribution in [-0.2, 0) is 42.7 Å². The topological polar surface area (TPSA) is 299 Å². The van der Waals surface area contributed by atoms with Crippen LogP contribution in [0.4, 0.5) is 29.2 Å². The summed E-state index contributed by atoms with van der Waals surface area (Å²) in [5, 5.41) is 29.1. The average Bonchev–Trinajstić information content (AvgIpc) is 3.24. The first-order valence-corrected chi connectivity index (χ1v) is 23.3. The Hall–Kier alpha value is -7.20. The van der Waals surface area contributed by atoms with E-state index in [9.17, 15) is 45.7 Å².